The van der Waals surface area contributed by atoms with Crippen LogP contribution in [0.25, 0.3) is 10.8 Å². The number of fused-ring (bicyclic) bond motifs is 1. The molecule has 0 aliphatic carbocycles. The molecule has 6 heteroatoms. The topological polar surface area (TPSA) is 52.7 Å². The molecule has 0 atom stereocenters. The zero-order valence-corrected chi connectivity index (χ0v) is 16.7. The van der Waals surface area contributed by atoms with Crippen LogP contribution in [-0.2, 0) is 11.3 Å². The van der Waals surface area contributed by atoms with Crippen LogP contribution < -0.4 is 5.32 Å². The Morgan fingerprint density at radius 1 is 0.867 bits per heavy atom. The standard InChI is InChI=1S/C24H24FN3O2/c25-20-10-8-18(9-11-20)16-26-23(29)17-27-12-14-28(15-13-27)24(30)22-7-3-5-19-4-1-2-6-21(19)22/h1-11H,12-17H2,(H,26,29). The quantitative estimate of drug-likeness (QED) is 0.710. The molecule has 0 unspecified atom stereocenters. The second kappa shape index (κ2) is 9.05. The van der Waals surface area contributed by atoms with Crippen LogP contribution in [0.3, 0.4) is 0 Å². The molecule has 0 radical (unpaired) electrons. The summed E-state index contributed by atoms with van der Waals surface area (Å²) < 4.78 is 12.9. The van der Waals surface area contributed by atoms with Crippen LogP contribution in [0.15, 0.2) is 66.7 Å². The van der Waals surface area contributed by atoms with E-state index < -0.39 is 0 Å². The highest BCUT2D eigenvalue weighted by atomic mass is 19.1. The minimum absolute atomic E-state index is 0.0345. The first kappa shape index (κ1) is 20.0. The number of carbonyl (C=O) groups is 2. The molecule has 1 heterocycles. The zero-order valence-electron chi connectivity index (χ0n) is 16.7. The summed E-state index contributed by atoms with van der Waals surface area (Å²) in [7, 11) is 0. The minimum atomic E-state index is -0.291. The Balaban J connectivity index is 1.28. The van der Waals surface area contributed by atoms with Gasteiger partial charge in [-0.1, -0.05) is 48.5 Å². The van der Waals surface area contributed by atoms with Crippen LogP contribution in [0, 0.1) is 5.82 Å². The molecule has 1 aliphatic rings. The van der Waals surface area contributed by atoms with E-state index in [0.29, 0.717) is 32.7 Å². The van der Waals surface area contributed by atoms with Gasteiger partial charge >= 0.3 is 0 Å². The summed E-state index contributed by atoms with van der Waals surface area (Å²) in [6, 6.07) is 19.8. The maximum Gasteiger partial charge on any atom is 0.254 e. The molecule has 5 nitrogen and oxygen atoms in total. The lowest BCUT2D eigenvalue weighted by Crippen LogP contribution is -2.51. The molecule has 1 N–H and O–H groups in total. The van der Waals surface area contributed by atoms with Gasteiger partial charge in [-0.2, -0.15) is 0 Å². The first-order valence-corrected chi connectivity index (χ1v) is 10.1. The van der Waals surface area contributed by atoms with Crippen molar-refractivity contribution >= 4 is 22.6 Å². The number of hydrogen-bond acceptors (Lipinski definition) is 3. The number of nitrogens with zero attached hydrogens (tertiary/aromatic N) is 2. The van der Waals surface area contributed by atoms with Gasteiger partial charge in [0.1, 0.15) is 5.82 Å². The second-order valence-electron chi connectivity index (χ2n) is 7.50. The summed E-state index contributed by atoms with van der Waals surface area (Å²) in [5, 5.41) is 4.88. The van der Waals surface area contributed by atoms with Gasteiger partial charge < -0.3 is 10.2 Å². The number of carbonyl (C=O) groups excluding carboxylic acids is 2. The van der Waals surface area contributed by atoms with E-state index in [1.807, 2.05) is 52.3 Å². The molecule has 3 aromatic rings. The van der Waals surface area contributed by atoms with Gasteiger partial charge in [-0.15, -0.1) is 0 Å². The van der Waals surface area contributed by atoms with E-state index in [-0.39, 0.29) is 24.2 Å². The molecule has 30 heavy (non-hydrogen) atoms. The Hall–Kier alpha value is -3.25. The van der Waals surface area contributed by atoms with Crippen molar-refractivity contribution in [1.29, 1.82) is 0 Å². The highest BCUT2D eigenvalue weighted by molar-refractivity contribution is 6.07. The largest absolute Gasteiger partial charge is 0.351 e. The number of rotatable bonds is 5. The summed E-state index contributed by atoms with van der Waals surface area (Å²) in [6.07, 6.45) is 0. The van der Waals surface area contributed by atoms with Crippen LogP contribution in [-0.4, -0.2) is 54.3 Å². The lowest BCUT2D eigenvalue weighted by atomic mass is 10.0. The Labute approximate surface area is 175 Å². The second-order valence-corrected chi connectivity index (χ2v) is 7.50. The highest BCUT2D eigenvalue weighted by Gasteiger charge is 2.24. The fraction of sp³-hybridized carbons (Fsp3) is 0.250. The van der Waals surface area contributed by atoms with Crippen LogP contribution >= 0.6 is 0 Å². The smallest absolute Gasteiger partial charge is 0.254 e. The molecule has 1 fully saturated rings. The monoisotopic (exact) mass is 405 g/mol. The van der Waals surface area contributed by atoms with E-state index in [2.05, 4.69) is 5.32 Å². The number of nitrogens with one attached hydrogen (secondary N) is 1. The van der Waals surface area contributed by atoms with Crippen LogP contribution in [0.1, 0.15) is 15.9 Å². The summed E-state index contributed by atoms with van der Waals surface area (Å²) in [4.78, 5) is 29.2. The first-order chi connectivity index (χ1) is 14.6. The molecule has 4 rings (SSSR count). The lowest BCUT2D eigenvalue weighted by Gasteiger charge is -2.34. The molecule has 0 saturated carbocycles. The van der Waals surface area contributed by atoms with E-state index in [1.54, 1.807) is 12.1 Å². The van der Waals surface area contributed by atoms with Gasteiger partial charge in [0.05, 0.1) is 6.54 Å². The van der Waals surface area contributed by atoms with Gasteiger partial charge in [0, 0.05) is 38.3 Å². The Bertz CT molecular complexity index is 1040. The van der Waals surface area contributed by atoms with Crippen LogP contribution in [0.5, 0.6) is 0 Å². The van der Waals surface area contributed by atoms with Gasteiger partial charge in [-0.25, -0.2) is 4.39 Å². The fourth-order valence-electron chi connectivity index (χ4n) is 3.75. The molecule has 3 aromatic carbocycles. The Kier molecular flexibility index (Phi) is 6.05. The van der Waals surface area contributed by atoms with Crippen molar-refractivity contribution in [2.24, 2.45) is 0 Å². The lowest BCUT2D eigenvalue weighted by molar-refractivity contribution is -0.122. The van der Waals surface area contributed by atoms with Crippen LogP contribution in [0.2, 0.25) is 0 Å². The van der Waals surface area contributed by atoms with Crippen LogP contribution in [0.4, 0.5) is 4.39 Å². The fourth-order valence-corrected chi connectivity index (χ4v) is 3.75. The van der Waals surface area contributed by atoms with Crippen molar-refractivity contribution in [2.75, 3.05) is 32.7 Å². The molecule has 0 aromatic heterocycles. The van der Waals surface area contributed by atoms with Gasteiger partial charge in [0.2, 0.25) is 5.91 Å². The third-order valence-corrected chi connectivity index (χ3v) is 5.45. The number of halogens is 1. The molecule has 0 bridgehead atoms. The summed E-state index contributed by atoms with van der Waals surface area (Å²) in [5.74, 6) is -0.332. The molecule has 1 aliphatic heterocycles. The van der Waals surface area contributed by atoms with E-state index in [9.17, 15) is 14.0 Å². The van der Waals surface area contributed by atoms with Gasteiger partial charge in [0.15, 0.2) is 0 Å². The summed E-state index contributed by atoms with van der Waals surface area (Å²) >= 11 is 0. The number of amides is 2. The summed E-state index contributed by atoms with van der Waals surface area (Å²) in [6.45, 7) is 3.15. The van der Waals surface area contributed by atoms with Crippen molar-refractivity contribution in [3.05, 3.63) is 83.7 Å². The van der Waals surface area contributed by atoms with E-state index in [0.717, 1.165) is 21.9 Å². The SMILES string of the molecule is O=C(CN1CCN(C(=O)c2cccc3ccccc23)CC1)NCc1ccc(F)cc1. The third-order valence-electron chi connectivity index (χ3n) is 5.45. The van der Waals surface area contributed by atoms with Gasteiger partial charge in [-0.3, -0.25) is 14.5 Å². The number of piperazine rings is 1. The zero-order chi connectivity index (χ0) is 20.9. The average Bonchev–Trinajstić information content (AvgIpc) is 2.78. The number of benzene rings is 3. The van der Waals surface area contributed by atoms with Gasteiger partial charge in [-0.05, 0) is 34.5 Å². The molecule has 1 saturated heterocycles. The number of hydrogen-bond donors (Lipinski definition) is 1. The molecular formula is C24H24FN3O2. The normalized spacial score (nSPS) is 14.6. The minimum Gasteiger partial charge on any atom is -0.351 e. The van der Waals surface area contributed by atoms with Crippen molar-refractivity contribution in [3.63, 3.8) is 0 Å². The van der Waals surface area contributed by atoms with E-state index in [1.165, 1.54) is 12.1 Å². The molecule has 2 amide bonds. The first-order valence-electron chi connectivity index (χ1n) is 10.1. The predicted molar refractivity (Wildman–Crippen MR) is 115 cm³/mol. The predicted octanol–water partition coefficient (Wildman–Crippen LogP) is 3.05. The maximum absolute atomic E-state index is 13.0. The Morgan fingerprint density at radius 2 is 1.57 bits per heavy atom. The molecule has 0 spiro atoms. The molecular weight excluding hydrogens is 381 g/mol. The average molecular weight is 405 g/mol. The van der Waals surface area contributed by atoms with Crippen molar-refractivity contribution in [1.82, 2.24) is 15.1 Å². The highest BCUT2D eigenvalue weighted by Crippen LogP contribution is 2.20. The van der Waals surface area contributed by atoms with E-state index in [4.69, 9.17) is 0 Å². The van der Waals surface area contributed by atoms with Crippen molar-refractivity contribution < 1.29 is 14.0 Å². The summed E-state index contributed by atoms with van der Waals surface area (Å²) in [5.41, 5.74) is 1.58. The maximum atomic E-state index is 13.0. The Morgan fingerprint density at radius 3 is 2.33 bits per heavy atom. The van der Waals surface area contributed by atoms with Crippen molar-refractivity contribution in [2.45, 2.75) is 6.54 Å². The molecule has 154 valence electrons. The van der Waals surface area contributed by atoms with Gasteiger partial charge in [0.25, 0.3) is 5.91 Å². The van der Waals surface area contributed by atoms with Crippen molar-refractivity contribution in [3.8, 4) is 0 Å². The third kappa shape index (κ3) is 4.66. The van der Waals surface area contributed by atoms with E-state index >= 15 is 0 Å².